The van der Waals surface area contributed by atoms with Gasteiger partial charge in [-0.1, -0.05) is 30.4 Å². The van der Waals surface area contributed by atoms with Crippen molar-refractivity contribution in [1.29, 1.82) is 5.26 Å². The van der Waals surface area contributed by atoms with Crippen LogP contribution in [0.3, 0.4) is 0 Å². The van der Waals surface area contributed by atoms with Crippen LogP contribution in [0.5, 0.6) is 0 Å². The highest BCUT2D eigenvalue weighted by Crippen LogP contribution is 2.37. The smallest absolute Gasteiger partial charge is 0.309 e. The first-order valence-electron chi connectivity index (χ1n) is 13.2. The number of carboxylic acids is 1. The number of unbranched alkanes of at least 4 members (excludes halogenated alkanes) is 2. The molecule has 1 aromatic heterocycles. The van der Waals surface area contributed by atoms with E-state index in [9.17, 15) is 24.4 Å². The zero-order valence-electron chi connectivity index (χ0n) is 22.5. The van der Waals surface area contributed by atoms with Crippen molar-refractivity contribution in [3.8, 4) is 6.07 Å². The number of carbonyl (C=O) groups excluding carboxylic acids is 2. The lowest BCUT2D eigenvalue weighted by molar-refractivity contribution is -0.148. The summed E-state index contributed by atoms with van der Waals surface area (Å²) in [6.45, 7) is 7.42. The van der Waals surface area contributed by atoms with E-state index >= 15 is 0 Å². The minimum absolute atomic E-state index is 0.0298. The van der Waals surface area contributed by atoms with Crippen LogP contribution in [-0.4, -0.2) is 63.0 Å². The molecule has 0 saturated carbocycles. The lowest BCUT2D eigenvalue weighted by Gasteiger charge is -2.35. The largest absolute Gasteiger partial charge is 0.481 e. The number of esters is 1. The average Bonchev–Trinajstić information content (AvgIpc) is 3.17. The van der Waals surface area contributed by atoms with Crippen molar-refractivity contribution < 1.29 is 24.2 Å². The Morgan fingerprint density at radius 1 is 1.21 bits per heavy atom. The highest BCUT2D eigenvalue weighted by molar-refractivity contribution is 8.26. The maximum absolute atomic E-state index is 13.3. The number of thioether (sulfide) groups is 1. The van der Waals surface area contributed by atoms with Crippen molar-refractivity contribution in [2.45, 2.75) is 65.8 Å². The van der Waals surface area contributed by atoms with Crippen LogP contribution in [0.25, 0.3) is 6.08 Å². The average molecular weight is 575 g/mol. The van der Waals surface area contributed by atoms with Gasteiger partial charge in [0.25, 0.3) is 11.5 Å². The Bertz CT molecular complexity index is 1270. The van der Waals surface area contributed by atoms with Crippen molar-refractivity contribution in [2.75, 3.05) is 31.1 Å². The molecule has 12 heteroatoms. The number of carboxylic acid groups (broad SMARTS) is 1. The SMILES string of the molecule is CCOC(=O)C1CCN(c2c(C=C3SC(=S)N(CCCCCC(=O)O)C3=O)c(C)c(C#N)c(=O)n2CC)CC1. The van der Waals surface area contributed by atoms with Gasteiger partial charge in [-0.15, -0.1) is 0 Å². The molecule has 10 nitrogen and oxygen atoms in total. The summed E-state index contributed by atoms with van der Waals surface area (Å²) < 4.78 is 7.17. The second-order valence-electron chi connectivity index (χ2n) is 9.45. The quantitative estimate of drug-likeness (QED) is 0.181. The van der Waals surface area contributed by atoms with Gasteiger partial charge in [-0.05, 0) is 58.1 Å². The first kappa shape index (κ1) is 30.4. The van der Waals surface area contributed by atoms with Crippen molar-refractivity contribution in [2.24, 2.45) is 5.92 Å². The number of pyridine rings is 1. The standard InChI is InChI=1S/C27H34N4O6S2/c1-4-30-23(29-13-10-18(11-14-29)26(36)37-5-2)19(17(3)20(16-28)24(30)34)15-21-25(35)31(27(38)39-21)12-8-6-7-9-22(32)33/h15,18H,4-14H2,1-3H3,(H,32,33). The normalized spacial score (nSPS) is 17.1. The number of aliphatic carboxylic acids is 1. The number of carbonyl (C=O) groups is 3. The third kappa shape index (κ3) is 6.89. The Morgan fingerprint density at radius 2 is 1.90 bits per heavy atom. The molecule has 0 spiro atoms. The predicted molar refractivity (Wildman–Crippen MR) is 153 cm³/mol. The minimum atomic E-state index is -0.843. The number of nitriles is 1. The van der Waals surface area contributed by atoms with Crippen molar-refractivity contribution in [3.05, 3.63) is 31.9 Å². The molecule has 0 aromatic carbocycles. The fraction of sp³-hybridized carbons (Fsp3) is 0.556. The molecule has 210 valence electrons. The highest BCUT2D eigenvalue weighted by Gasteiger charge is 2.34. The van der Waals surface area contributed by atoms with E-state index < -0.39 is 5.97 Å². The summed E-state index contributed by atoms with van der Waals surface area (Å²) in [7, 11) is 0. The lowest BCUT2D eigenvalue weighted by Crippen LogP contribution is -2.41. The van der Waals surface area contributed by atoms with Gasteiger partial charge in [-0.2, -0.15) is 5.26 Å². The van der Waals surface area contributed by atoms with E-state index in [0.717, 1.165) is 0 Å². The van der Waals surface area contributed by atoms with E-state index in [4.69, 9.17) is 22.1 Å². The summed E-state index contributed by atoms with van der Waals surface area (Å²) in [4.78, 5) is 53.5. The zero-order chi connectivity index (χ0) is 28.7. The van der Waals surface area contributed by atoms with Crippen LogP contribution >= 0.6 is 24.0 Å². The van der Waals surface area contributed by atoms with E-state index in [0.29, 0.717) is 91.1 Å². The summed E-state index contributed by atoms with van der Waals surface area (Å²) in [6.07, 6.45) is 4.78. The number of piperidine rings is 1. The summed E-state index contributed by atoms with van der Waals surface area (Å²) in [5.41, 5.74) is 0.756. The molecule has 0 bridgehead atoms. The number of rotatable bonds is 11. The summed E-state index contributed by atoms with van der Waals surface area (Å²) >= 11 is 6.64. The number of thiocarbonyl (C=S) groups is 1. The Labute approximate surface area is 237 Å². The molecule has 0 radical (unpaired) electrons. The maximum Gasteiger partial charge on any atom is 0.309 e. The molecule has 2 aliphatic heterocycles. The van der Waals surface area contributed by atoms with E-state index in [2.05, 4.69) is 0 Å². The van der Waals surface area contributed by atoms with Gasteiger partial charge >= 0.3 is 11.9 Å². The summed E-state index contributed by atoms with van der Waals surface area (Å²) in [5.74, 6) is -0.891. The molecule has 0 atom stereocenters. The van der Waals surface area contributed by atoms with Crippen LogP contribution in [0.4, 0.5) is 5.82 Å². The van der Waals surface area contributed by atoms with Gasteiger partial charge in [-0.25, -0.2) is 0 Å². The third-order valence-electron chi connectivity index (χ3n) is 7.00. The van der Waals surface area contributed by atoms with Crippen LogP contribution in [0.2, 0.25) is 0 Å². The maximum atomic E-state index is 13.3. The zero-order valence-corrected chi connectivity index (χ0v) is 24.2. The van der Waals surface area contributed by atoms with Gasteiger partial charge in [0, 0.05) is 38.2 Å². The van der Waals surface area contributed by atoms with Crippen molar-refractivity contribution in [1.82, 2.24) is 9.47 Å². The molecular formula is C27H34N4O6S2. The van der Waals surface area contributed by atoms with Crippen molar-refractivity contribution >= 4 is 58.0 Å². The molecule has 3 rings (SSSR count). The van der Waals surface area contributed by atoms with Gasteiger partial charge < -0.3 is 14.7 Å². The van der Waals surface area contributed by atoms with Crippen LogP contribution in [-0.2, 0) is 25.7 Å². The fourth-order valence-electron chi connectivity index (χ4n) is 4.91. The van der Waals surface area contributed by atoms with Gasteiger partial charge in [-0.3, -0.25) is 28.6 Å². The molecule has 1 aromatic rings. The fourth-order valence-corrected chi connectivity index (χ4v) is 6.20. The van der Waals surface area contributed by atoms with Gasteiger partial charge in [0.15, 0.2) is 0 Å². The molecular weight excluding hydrogens is 540 g/mol. The third-order valence-corrected chi connectivity index (χ3v) is 8.38. The van der Waals surface area contributed by atoms with Crippen molar-refractivity contribution in [3.63, 3.8) is 0 Å². The first-order chi connectivity index (χ1) is 18.6. The van der Waals surface area contributed by atoms with Gasteiger partial charge in [0.1, 0.15) is 21.8 Å². The number of amides is 1. The molecule has 1 amide bonds. The van der Waals surface area contributed by atoms with Crippen LogP contribution in [0.1, 0.15) is 69.1 Å². The second-order valence-corrected chi connectivity index (χ2v) is 11.1. The van der Waals surface area contributed by atoms with E-state index in [1.807, 2.05) is 17.9 Å². The first-order valence-corrected chi connectivity index (χ1v) is 14.4. The Hall–Kier alpha value is -3.17. The summed E-state index contributed by atoms with van der Waals surface area (Å²) in [6, 6.07) is 2.03. The van der Waals surface area contributed by atoms with E-state index in [-0.39, 0.29) is 35.3 Å². The number of anilines is 1. The monoisotopic (exact) mass is 574 g/mol. The number of hydrogen-bond donors (Lipinski definition) is 1. The Kier molecular flexibility index (Phi) is 10.7. The molecule has 2 saturated heterocycles. The number of nitrogens with zero attached hydrogens (tertiary/aromatic N) is 4. The van der Waals surface area contributed by atoms with Crippen LogP contribution < -0.4 is 10.5 Å². The van der Waals surface area contributed by atoms with E-state index in [1.54, 1.807) is 24.5 Å². The minimum Gasteiger partial charge on any atom is -0.481 e. The van der Waals surface area contributed by atoms with E-state index in [1.165, 1.54) is 16.7 Å². The molecule has 3 heterocycles. The van der Waals surface area contributed by atoms with Crippen LogP contribution in [0, 0.1) is 24.2 Å². The predicted octanol–water partition coefficient (Wildman–Crippen LogP) is 3.67. The molecule has 2 aliphatic rings. The molecule has 2 fully saturated rings. The number of aromatic nitrogens is 1. The van der Waals surface area contributed by atoms with Gasteiger partial charge in [0.05, 0.1) is 17.4 Å². The molecule has 0 unspecified atom stereocenters. The molecule has 1 N–H and O–H groups in total. The number of hydrogen-bond acceptors (Lipinski definition) is 9. The topological polar surface area (TPSA) is 133 Å². The summed E-state index contributed by atoms with van der Waals surface area (Å²) in [5, 5.41) is 18.6. The van der Waals surface area contributed by atoms with Gasteiger partial charge in [0.2, 0.25) is 0 Å². The highest BCUT2D eigenvalue weighted by atomic mass is 32.2. The van der Waals surface area contributed by atoms with Crippen LogP contribution in [0.15, 0.2) is 9.70 Å². The second kappa shape index (κ2) is 13.8. The Balaban J connectivity index is 1.94. The molecule has 0 aliphatic carbocycles. The Morgan fingerprint density at radius 3 is 2.49 bits per heavy atom. The molecule has 39 heavy (non-hydrogen) atoms. The number of ether oxygens (including phenoxy) is 1. The lowest BCUT2D eigenvalue weighted by atomic mass is 9.95.